The van der Waals surface area contributed by atoms with Crippen LogP contribution in [-0.4, -0.2) is 28.2 Å². The van der Waals surface area contributed by atoms with E-state index in [4.69, 9.17) is 4.42 Å². The second kappa shape index (κ2) is 8.52. The van der Waals surface area contributed by atoms with Gasteiger partial charge in [0.25, 0.3) is 5.91 Å². The van der Waals surface area contributed by atoms with E-state index in [1.807, 2.05) is 25.3 Å². The van der Waals surface area contributed by atoms with Crippen molar-refractivity contribution in [1.29, 1.82) is 0 Å². The Labute approximate surface area is 153 Å². The molecule has 0 bridgehead atoms. The third-order valence-electron chi connectivity index (χ3n) is 4.66. The molecule has 1 aliphatic rings. The van der Waals surface area contributed by atoms with Gasteiger partial charge in [0, 0.05) is 6.04 Å². The largest absolute Gasteiger partial charge is 0.461 e. The van der Waals surface area contributed by atoms with Crippen LogP contribution in [0.1, 0.15) is 61.0 Å². The molecule has 0 saturated heterocycles. The highest BCUT2D eigenvalue weighted by Crippen LogP contribution is 2.26. The molecule has 0 atom stereocenters. The Hall–Kier alpha value is -1.82. The number of hydrogen-bond acceptors (Lipinski definition) is 5. The lowest BCUT2D eigenvalue weighted by Crippen LogP contribution is -2.36. The summed E-state index contributed by atoms with van der Waals surface area (Å²) in [4.78, 5) is 21.9. The van der Waals surface area contributed by atoms with Crippen molar-refractivity contribution < 1.29 is 9.21 Å². The lowest BCUT2D eigenvalue weighted by molar-refractivity contribution is 0.0925. The van der Waals surface area contributed by atoms with Crippen LogP contribution >= 0.6 is 11.8 Å². The lowest BCUT2D eigenvalue weighted by atomic mass is 9.96. The SMILES string of the molecule is CSc1nc(-c2ccco2)nc(C)c1C(=O)NC1CCCCCCC1. The van der Waals surface area contributed by atoms with E-state index in [0.717, 1.165) is 12.8 Å². The lowest BCUT2D eigenvalue weighted by Gasteiger charge is -2.22. The van der Waals surface area contributed by atoms with E-state index in [0.29, 0.717) is 27.9 Å². The molecule has 2 heterocycles. The first-order valence-corrected chi connectivity index (χ1v) is 10.2. The number of thioether (sulfide) groups is 1. The zero-order chi connectivity index (χ0) is 17.6. The van der Waals surface area contributed by atoms with Crippen LogP contribution in [0.25, 0.3) is 11.6 Å². The molecule has 134 valence electrons. The number of amides is 1. The summed E-state index contributed by atoms with van der Waals surface area (Å²) in [6, 6.07) is 3.89. The van der Waals surface area contributed by atoms with E-state index in [1.165, 1.54) is 43.9 Å². The summed E-state index contributed by atoms with van der Waals surface area (Å²) in [6.07, 6.45) is 11.9. The van der Waals surface area contributed by atoms with E-state index >= 15 is 0 Å². The van der Waals surface area contributed by atoms with Crippen molar-refractivity contribution in [1.82, 2.24) is 15.3 Å². The molecule has 0 unspecified atom stereocenters. The molecule has 1 amide bonds. The van der Waals surface area contributed by atoms with Gasteiger partial charge in [-0.2, -0.15) is 0 Å². The molecule has 5 nitrogen and oxygen atoms in total. The van der Waals surface area contributed by atoms with Crippen LogP contribution in [0.5, 0.6) is 0 Å². The molecule has 25 heavy (non-hydrogen) atoms. The highest BCUT2D eigenvalue weighted by Gasteiger charge is 2.22. The molecule has 3 rings (SSSR count). The number of aromatic nitrogens is 2. The molecule has 1 N–H and O–H groups in total. The van der Waals surface area contributed by atoms with Gasteiger partial charge in [-0.3, -0.25) is 4.79 Å². The molecule has 0 aliphatic heterocycles. The standard InChI is InChI=1S/C19H25N3O2S/c1-13-16(18(23)21-14-9-6-4-3-5-7-10-14)19(25-2)22-17(20-13)15-11-8-12-24-15/h8,11-12,14H,3-7,9-10H2,1-2H3,(H,21,23). The van der Waals surface area contributed by atoms with E-state index in [9.17, 15) is 4.79 Å². The normalized spacial score (nSPS) is 16.2. The molecule has 2 aromatic rings. The summed E-state index contributed by atoms with van der Waals surface area (Å²) in [6.45, 7) is 1.86. The van der Waals surface area contributed by atoms with Crippen molar-refractivity contribution in [3.8, 4) is 11.6 Å². The maximum atomic E-state index is 12.9. The Kier molecular flexibility index (Phi) is 6.13. The number of hydrogen-bond donors (Lipinski definition) is 1. The summed E-state index contributed by atoms with van der Waals surface area (Å²) in [5, 5.41) is 3.91. The fourth-order valence-corrected chi connectivity index (χ4v) is 3.95. The number of furan rings is 1. The van der Waals surface area contributed by atoms with Crippen molar-refractivity contribution in [2.45, 2.75) is 62.9 Å². The molecule has 1 saturated carbocycles. The Bertz CT molecular complexity index is 708. The maximum Gasteiger partial charge on any atom is 0.256 e. The van der Waals surface area contributed by atoms with E-state index in [-0.39, 0.29) is 11.9 Å². The predicted molar refractivity (Wildman–Crippen MR) is 99.8 cm³/mol. The molecule has 6 heteroatoms. The van der Waals surface area contributed by atoms with Crippen LogP contribution in [0, 0.1) is 6.92 Å². The van der Waals surface area contributed by atoms with Gasteiger partial charge in [0.15, 0.2) is 11.6 Å². The third kappa shape index (κ3) is 4.42. The molecule has 2 aromatic heterocycles. The number of nitrogens with one attached hydrogen (secondary N) is 1. The van der Waals surface area contributed by atoms with Crippen molar-refractivity contribution in [2.24, 2.45) is 0 Å². The molecule has 0 aromatic carbocycles. The first kappa shape index (κ1) is 18.0. The smallest absolute Gasteiger partial charge is 0.256 e. The van der Waals surface area contributed by atoms with Crippen LogP contribution in [-0.2, 0) is 0 Å². The van der Waals surface area contributed by atoms with E-state index in [1.54, 1.807) is 6.26 Å². The highest BCUT2D eigenvalue weighted by molar-refractivity contribution is 7.98. The first-order valence-electron chi connectivity index (χ1n) is 8.96. The van der Waals surface area contributed by atoms with E-state index in [2.05, 4.69) is 15.3 Å². The Balaban J connectivity index is 1.81. The minimum Gasteiger partial charge on any atom is -0.461 e. The average Bonchev–Trinajstić information content (AvgIpc) is 3.10. The summed E-state index contributed by atoms with van der Waals surface area (Å²) in [5.74, 6) is 1.08. The first-order chi connectivity index (χ1) is 12.2. The molecule has 0 radical (unpaired) electrons. The van der Waals surface area contributed by atoms with Crippen LogP contribution in [0.2, 0.25) is 0 Å². The van der Waals surface area contributed by atoms with Crippen LogP contribution in [0.15, 0.2) is 27.8 Å². The van der Waals surface area contributed by atoms with Gasteiger partial charge < -0.3 is 9.73 Å². The number of rotatable bonds is 4. The molecule has 1 aliphatic carbocycles. The Morgan fingerprint density at radius 1 is 1.20 bits per heavy atom. The zero-order valence-electron chi connectivity index (χ0n) is 14.9. The molecular weight excluding hydrogens is 334 g/mol. The minimum absolute atomic E-state index is 0.0570. The molecule has 0 spiro atoms. The molecular formula is C19H25N3O2S. The van der Waals surface area contributed by atoms with Crippen LogP contribution < -0.4 is 5.32 Å². The van der Waals surface area contributed by atoms with Gasteiger partial charge in [-0.05, 0) is 38.2 Å². The predicted octanol–water partition coefficient (Wildman–Crippen LogP) is 4.61. The summed E-state index contributed by atoms with van der Waals surface area (Å²) < 4.78 is 5.39. The minimum atomic E-state index is -0.0570. The third-order valence-corrected chi connectivity index (χ3v) is 5.34. The van der Waals surface area contributed by atoms with Gasteiger partial charge in [0.1, 0.15) is 5.03 Å². The number of carbonyl (C=O) groups excluding carboxylic acids is 1. The number of aryl methyl sites for hydroxylation is 1. The number of carbonyl (C=O) groups is 1. The van der Waals surface area contributed by atoms with Gasteiger partial charge in [0.2, 0.25) is 0 Å². The van der Waals surface area contributed by atoms with Gasteiger partial charge in [-0.15, -0.1) is 11.8 Å². The summed E-state index contributed by atoms with van der Waals surface area (Å²) >= 11 is 1.47. The fourth-order valence-electron chi connectivity index (χ4n) is 3.33. The second-order valence-electron chi connectivity index (χ2n) is 6.51. The zero-order valence-corrected chi connectivity index (χ0v) is 15.7. The monoisotopic (exact) mass is 359 g/mol. The second-order valence-corrected chi connectivity index (χ2v) is 7.30. The van der Waals surface area contributed by atoms with Crippen LogP contribution in [0.4, 0.5) is 0 Å². The maximum absolute atomic E-state index is 12.9. The topological polar surface area (TPSA) is 68.0 Å². The van der Waals surface area contributed by atoms with Gasteiger partial charge >= 0.3 is 0 Å². The highest BCUT2D eigenvalue weighted by atomic mass is 32.2. The summed E-state index contributed by atoms with van der Waals surface area (Å²) in [5.41, 5.74) is 1.28. The molecule has 1 fully saturated rings. The van der Waals surface area contributed by atoms with Crippen molar-refractivity contribution >= 4 is 17.7 Å². The van der Waals surface area contributed by atoms with E-state index < -0.39 is 0 Å². The number of nitrogens with zero attached hydrogens (tertiary/aromatic N) is 2. The van der Waals surface area contributed by atoms with Crippen molar-refractivity contribution in [3.05, 3.63) is 29.7 Å². The summed E-state index contributed by atoms with van der Waals surface area (Å²) in [7, 11) is 0. The van der Waals surface area contributed by atoms with Gasteiger partial charge in [-0.1, -0.05) is 32.1 Å². The fraction of sp³-hybridized carbons (Fsp3) is 0.526. The average molecular weight is 359 g/mol. The Morgan fingerprint density at radius 3 is 2.56 bits per heavy atom. The van der Waals surface area contributed by atoms with Crippen molar-refractivity contribution in [3.63, 3.8) is 0 Å². The van der Waals surface area contributed by atoms with Crippen molar-refractivity contribution in [2.75, 3.05) is 6.26 Å². The quantitative estimate of drug-likeness (QED) is 0.638. The van der Waals surface area contributed by atoms with Gasteiger partial charge in [0.05, 0.1) is 17.5 Å². The van der Waals surface area contributed by atoms with Gasteiger partial charge in [-0.25, -0.2) is 9.97 Å². The Morgan fingerprint density at radius 2 is 1.92 bits per heavy atom. The van der Waals surface area contributed by atoms with Crippen LogP contribution in [0.3, 0.4) is 0 Å².